The van der Waals surface area contributed by atoms with Crippen LogP contribution >= 0.6 is 0 Å². The molecule has 0 amide bonds. The van der Waals surface area contributed by atoms with Gasteiger partial charge in [-0.1, -0.05) is 13.0 Å². The van der Waals surface area contributed by atoms with Crippen molar-refractivity contribution in [3.63, 3.8) is 0 Å². The first kappa shape index (κ1) is 17.9. The number of methoxy groups -OCH3 is 1. The third kappa shape index (κ3) is 3.02. The summed E-state index contributed by atoms with van der Waals surface area (Å²) in [7, 11) is 1.37. The van der Waals surface area contributed by atoms with Gasteiger partial charge in [0.25, 0.3) is 0 Å². The van der Waals surface area contributed by atoms with Crippen molar-refractivity contribution in [3.8, 4) is 0 Å². The van der Waals surface area contributed by atoms with Gasteiger partial charge >= 0.3 is 0 Å². The number of benzene rings is 1. The maximum absolute atomic E-state index is 14.7. The molecule has 0 heterocycles. The Morgan fingerprint density at radius 3 is 2.52 bits per heavy atom. The summed E-state index contributed by atoms with van der Waals surface area (Å²) >= 11 is 0. The highest BCUT2D eigenvalue weighted by molar-refractivity contribution is 5.75. The minimum atomic E-state index is -1.44. The van der Waals surface area contributed by atoms with Crippen molar-refractivity contribution in [1.82, 2.24) is 5.32 Å². The Morgan fingerprint density at radius 1 is 1.22 bits per heavy atom. The fourth-order valence-electron chi connectivity index (χ4n) is 3.23. The van der Waals surface area contributed by atoms with Crippen molar-refractivity contribution in [1.29, 1.82) is 0 Å². The second-order valence-electron chi connectivity index (χ2n) is 5.99. The highest BCUT2D eigenvalue weighted by Gasteiger charge is 2.49. The zero-order chi connectivity index (χ0) is 17.2. The number of rotatable bonds is 7. The zero-order valence-electron chi connectivity index (χ0n) is 13.5. The molecule has 2 rings (SSSR count). The van der Waals surface area contributed by atoms with Crippen LogP contribution in [-0.2, 0) is 10.2 Å². The molecule has 0 aliphatic heterocycles. The monoisotopic (exact) mass is 331 g/mol. The summed E-state index contributed by atoms with van der Waals surface area (Å²) in [5.41, 5.74) is -1.97. The van der Waals surface area contributed by atoms with Crippen molar-refractivity contribution in [2.24, 2.45) is 0 Å². The predicted molar refractivity (Wildman–Crippen MR) is 81.4 cm³/mol. The molecular weight excluding hydrogens is 310 g/mol. The first-order valence-corrected chi connectivity index (χ1v) is 7.66. The molecule has 1 aromatic carbocycles. The van der Waals surface area contributed by atoms with Crippen LogP contribution in [0.2, 0.25) is 0 Å². The van der Waals surface area contributed by atoms with Crippen LogP contribution in [0.3, 0.4) is 0 Å². The van der Waals surface area contributed by atoms with Crippen LogP contribution in [0.25, 0.3) is 5.83 Å². The van der Waals surface area contributed by atoms with Gasteiger partial charge in [0.2, 0.25) is 0 Å². The Bertz CT molecular complexity index is 617. The SMILES string of the molecule is CCCNC(C)CC1(COC)C(F)=C(F)c2c1ccc(F)c2F. The standard InChI is InChI=1S/C17H21F4NO/c1-4-7-22-10(2)8-17(9-23-3)11-5-6-12(18)14(19)13(11)15(20)16(17)21/h5-6,10,22H,4,7-9H2,1-3H3. The van der Waals surface area contributed by atoms with Gasteiger partial charge in [-0.25, -0.2) is 17.6 Å². The number of hydrogen-bond acceptors (Lipinski definition) is 2. The molecule has 0 fully saturated rings. The van der Waals surface area contributed by atoms with Crippen molar-refractivity contribution < 1.29 is 22.3 Å². The van der Waals surface area contributed by atoms with E-state index >= 15 is 0 Å². The van der Waals surface area contributed by atoms with Gasteiger partial charge in [-0.2, -0.15) is 0 Å². The van der Waals surface area contributed by atoms with Crippen molar-refractivity contribution >= 4 is 5.83 Å². The fraction of sp³-hybridized carbons (Fsp3) is 0.529. The minimum Gasteiger partial charge on any atom is -0.383 e. The van der Waals surface area contributed by atoms with E-state index in [9.17, 15) is 17.6 Å². The third-order valence-electron chi connectivity index (χ3n) is 4.23. The summed E-state index contributed by atoms with van der Waals surface area (Å²) in [6.45, 7) is 4.41. The van der Waals surface area contributed by atoms with Crippen LogP contribution in [0.15, 0.2) is 18.0 Å². The van der Waals surface area contributed by atoms with E-state index in [4.69, 9.17) is 4.74 Å². The van der Waals surface area contributed by atoms with Crippen LogP contribution in [-0.4, -0.2) is 26.3 Å². The lowest BCUT2D eigenvalue weighted by Crippen LogP contribution is -2.39. The zero-order valence-corrected chi connectivity index (χ0v) is 13.5. The summed E-state index contributed by atoms with van der Waals surface area (Å²) in [6.07, 6.45) is 1.07. The Balaban J connectivity index is 2.50. The van der Waals surface area contributed by atoms with Gasteiger partial charge in [-0.05, 0) is 37.9 Å². The molecule has 0 bridgehead atoms. The predicted octanol–water partition coefficient (Wildman–Crippen LogP) is 4.25. The molecule has 0 spiro atoms. The number of halogens is 4. The van der Waals surface area contributed by atoms with Crippen LogP contribution in [0.1, 0.15) is 37.8 Å². The van der Waals surface area contributed by atoms with Gasteiger partial charge in [0.05, 0.1) is 17.6 Å². The van der Waals surface area contributed by atoms with Crippen LogP contribution in [0.5, 0.6) is 0 Å². The average molecular weight is 331 g/mol. The summed E-state index contributed by atoms with van der Waals surface area (Å²) in [5.74, 6) is -4.99. The molecule has 0 radical (unpaired) electrons. The lowest BCUT2D eigenvalue weighted by molar-refractivity contribution is 0.124. The second kappa shape index (κ2) is 7.01. The topological polar surface area (TPSA) is 21.3 Å². The number of nitrogens with one attached hydrogen (secondary N) is 1. The Kier molecular flexibility index (Phi) is 5.47. The smallest absolute Gasteiger partial charge is 0.169 e. The summed E-state index contributed by atoms with van der Waals surface area (Å²) < 4.78 is 61.5. The molecule has 1 N–H and O–H groups in total. The number of ether oxygens (including phenoxy) is 1. The van der Waals surface area contributed by atoms with Crippen LogP contribution < -0.4 is 5.32 Å². The Labute approximate surface area is 133 Å². The van der Waals surface area contributed by atoms with Gasteiger partial charge in [0.1, 0.15) is 5.83 Å². The number of hydrogen-bond donors (Lipinski definition) is 1. The molecule has 6 heteroatoms. The summed E-state index contributed by atoms with van der Waals surface area (Å²) in [6, 6.07) is 1.99. The maximum Gasteiger partial charge on any atom is 0.169 e. The normalized spacial score (nSPS) is 21.7. The average Bonchev–Trinajstić information content (AvgIpc) is 2.72. The van der Waals surface area contributed by atoms with Crippen molar-refractivity contribution in [2.45, 2.75) is 38.1 Å². The van der Waals surface area contributed by atoms with Gasteiger partial charge in [-0.3, -0.25) is 0 Å². The van der Waals surface area contributed by atoms with Crippen LogP contribution in [0, 0.1) is 11.6 Å². The molecule has 2 unspecified atom stereocenters. The van der Waals surface area contributed by atoms with E-state index in [-0.39, 0.29) is 24.6 Å². The van der Waals surface area contributed by atoms with E-state index in [1.165, 1.54) is 13.2 Å². The second-order valence-corrected chi connectivity index (χ2v) is 5.99. The van der Waals surface area contributed by atoms with E-state index in [1.54, 1.807) is 0 Å². The molecular formula is C17H21F4NO. The van der Waals surface area contributed by atoms with E-state index in [0.29, 0.717) is 0 Å². The third-order valence-corrected chi connectivity index (χ3v) is 4.23. The highest BCUT2D eigenvalue weighted by atomic mass is 19.2. The molecule has 1 aliphatic carbocycles. The van der Waals surface area contributed by atoms with Crippen LogP contribution in [0.4, 0.5) is 17.6 Å². The fourth-order valence-corrected chi connectivity index (χ4v) is 3.23. The van der Waals surface area contributed by atoms with E-state index in [0.717, 1.165) is 19.0 Å². The van der Waals surface area contributed by atoms with Crippen molar-refractivity contribution in [2.75, 3.05) is 20.3 Å². The Morgan fingerprint density at radius 2 is 1.91 bits per heavy atom. The summed E-state index contributed by atoms with van der Waals surface area (Å²) in [5, 5.41) is 3.20. The van der Waals surface area contributed by atoms with Crippen molar-refractivity contribution in [3.05, 3.63) is 40.7 Å². The first-order valence-electron chi connectivity index (χ1n) is 7.66. The maximum atomic E-state index is 14.7. The molecule has 2 nitrogen and oxygen atoms in total. The molecule has 0 saturated heterocycles. The van der Waals surface area contributed by atoms with E-state index in [2.05, 4.69) is 5.32 Å². The molecule has 23 heavy (non-hydrogen) atoms. The lowest BCUT2D eigenvalue weighted by atomic mass is 9.77. The first-order chi connectivity index (χ1) is 10.9. The van der Waals surface area contributed by atoms with E-state index < -0.39 is 34.3 Å². The van der Waals surface area contributed by atoms with E-state index in [1.807, 2.05) is 13.8 Å². The van der Waals surface area contributed by atoms with Gasteiger partial charge in [0, 0.05) is 13.2 Å². The van der Waals surface area contributed by atoms with Gasteiger partial charge in [0.15, 0.2) is 17.5 Å². The molecule has 128 valence electrons. The summed E-state index contributed by atoms with van der Waals surface area (Å²) in [4.78, 5) is 0. The molecule has 0 saturated carbocycles. The molecule has 0 aromatic heterocycles. The molecule has 2 atom stereocenters. The molecule has 1 aliphatic rings. The Hall–Kier alpha value is -1.40. The largest absolute Gasteiger partial charge is 0.383 e. The molecule has 1 aromatic rings. The van der Waals surface area contributed by atoms with Gasteiger partial charge in [-0.15, -0.1) is 0 Å². The van der Waals surface area contributed by atoms with Gasteiger partial charge < -0.3 is 10.1 Å². The number of fused-ring (bicyclic) bond motifs is 1. The minimum absolute atomic E-state index is 0.0957. The highest BCUT2D eigenvalue weighted by Crippen LogP contribution is 2.51. The quantitative estimate of drug-likeness (QED) is 0.754. The lowest BCUT2D eigenvalue weighted by Gasteiger charge is -2.32.